The second-order valence-corrected chi connectivity index (χ2v) is 9.89. The van der Waals surface area contributed by atoms with E-state index in [-0.39, 0.29) is 42.3 Å². The summed E-state index contributed by atoms with van der Waals surface area (Å²) in [6.45, 7) is 9.26. The number of nitrogens with zero attached hydrogens (tertiary/aromatic N) is 3. The minimum atomic E-state index is -0.358. The van der Waals surface area contributed by atoms with E-state index in [1.165, 1.54) is 6.07 Å². The van der Waals surface area contributed by atoms with Crippen molar-refractivity contribution >= 4 is 5.91 Å². The number of hydrogen-bond acceptors (Lipinski definition) is 5. The molecule has 188 valence electrons. The van der Waals surface area contributed by atoms with Gasteiger partial charge in [0.1, 0.15) is 17.5 Å². The van der Waals surface area contributed by atoms with Crippen molar-refractivity contribution in [2.45, 2.75) is 52.8 Å². The van der Waals surface area contributed by atoms with Crippen LogP contribution in [0.4, 0.5) is 4.39 Å². The normalized spacial score (nSPS) is 18.9. The summed E-state index contributed by atoms with van der Waals surface area (Å²) < 4.78 is 20.5. The maximum atomic E-state index is 14.2. The number of carbonyl (C=O) groups is 1. The smallest absolute Gasteiger partial charge is 0.259 e. The minimum absolute atomic E-state index is 0.0449. The Bertz CT molecular complexity index is 1080. The van der Waals surface area contributed by atoms with E-state index in [2.05, 4.69) is 30.7 Å². The summed E-state index contributed by atoms with van der Waals surface area (Å²) in [5, 5.41) is 9.82. The number of hydrogen-bond donors (Lipinski definition) is 1. The Kier molecular flexibility index (Phi) is 9.25. The molecule has 7 heteroatoms. The van der Waals surface area contributed by atoms with E-state index >= 15 is 0 Å². The molecule has 1 aliphatic rings. The van der Waals surface area contributed by atoms with Gasteiger partial charge in [0.2, 0.25) is 5.88 Å². The number of ether oxygens (including phenoxy) is 1. The maximum absolute atomic E-state index is 14.2. The van der Waals surface area contributed by atoms with Crippen molar-refractivity contribution in [1.29, 1.82) is 0 Å². The van der Waals surface area contributed by atoms with Crippen molar-refractivity contribution in [2.24, 2.45) is 11.8 Å². The number of fused-ring (bicyclic) bond motifs is 1. The molecule has 0 fully saturated rings. The molecule has 1 amide bonds. The summed E-state index contributed by atoms with van der Waals surface area (Å²) in [5.74, 6) is 6.43. The van der Waals surface area contributed by atoms with Crippen molar-refractivity contribution in [3.8, 4) is 17.7 Å². The average molecular weight is 482 g/mol. The zero-order chi connectivity index (χ0) is 25.5. The first kappa shape index (κ1) is 26.7. The lowest BCUT2D eigenvalue weighted by atomic mass is 9.99. The van der Waals surface area contributed by atoms with Gasteiger partial charge in [-0.25, -0.2) is 9.37 Å². The predicted molar refractivity (Wildman–Crippen MR) is 134 cm³/mol. The molecular formula is C28H36FN3O3. The molecule has 0 aliphatic carbocycles. The molecular weight excluding hydrogens is 445 g/mol. The molecule has 6 nitrogen and oxygen atoms in total. The largest absolute Gasteiger partial charge is 0.472 e. The van der Waals surface area contributed by atoms with E-state index in [1.54, 1.807) is 29.3 Å². The molecule has 0 saturated carbocycles. The monoisotopic (exact) mass is 481 g/mol. The van der Waals surface area contributed by atoms with E-state index in [1.807, 2.05) is 31.9 Å². The molecule has 0 saturated heterocycles. The lowest BCUT2D eigenvalue weighted by Crippen LogP contribution is -2.49. The molecule has 0 spiro atoms. The van der Waals surface area contributed by atoms with Crippen molar-refractivity contribution in [3.05, 3.63) is 59.0 Å². The zero-order valence-electron chi connectivity index (χ0n) is 21.3. The quantitative estimate of drug-likeness (QED) is 0.607. The van der Waals surface area contributed by atoms with Crippen LogP contribution in [-0.2, 0) is 6.54 Å². The first-order valence-electron chi connectivity index (χ1n) is 12.2. The number of likely N-dealkylation sites (N-methyl/N-ethyl adjacent to an activating group) is 1. The van der Waals surface area contributed by atoms with Crippen LogP contribution >= 0.6 is 0 Å². The topological polar surface area (TPSA) is 65.9 Å². The van der Waals surface area contributed by atoms with Crippen LogP contribution in [0.15, 0.2) is 36.5 Å². The Morgan fingerprint density at radius 2 is 2.06 bits per heavy atom. The van der Waals surface area contributed by atoms with Gasteiger partial charge in [-0.1, -0.05) is 50.8 Å². The highest BCUT2D eigenvalue weighted by molar-refractivity contribution is 5.97. The average Bonchev–Trinajstić information content (AvgIpc) is 2.82. The van der Waals surface area contributed by atoms with E-state index in [9.17, 15) is 14.3 Å². The molecule has 0 unspecified atom stereocenters. The fraction of sp³-hybridized carbons (Fsp3) is 0.500. The summed E-state index contributed by atoms with van der Waals surface area (Å²) in [4.78, 5) is 21.6. The Labute approximate surface area is 208 Å². The van der Waals surface area contributed by atoms with Gasteiger partial charge in [0, 0.05) is 49.3 Å². The number of aliphatic hydroxyl groups is 1. The Balaban J connectivity index is 1.90. The van der Waals surface area contributed by atoms with Crippen LogP contribution in [0, 0.1) is 29.5 Å². The summed E-state index contributed by atoms with van der Waals surface area (Å²) >= 11 is 0. The first-order valence-corrected chi connectivity index (χ1v) is 12.2. The van der Waals surface area contributed by atoms with Gasteiger partial charge in [0.15, 0.2) is 0 Å². The number of carbonyl (C=O) groups excluding carboxylic acids is 1. The summed E-state index contributed by atoms with van der Waals surface area (Å²) in [6.07, 6.45) is 2.09. The molecule has 1 aromatic heterocycles. The molecule has 1 aliphatic heterocycles. The number of rotatable bonds is 7. The number of halogens is 1. The van der Waals surface area contributed by atoms with Crippen LogP contribution < -0.4 is 4.74 Å². The Hall–Kier alpha value is -2.95. The van der Waals surface area contributed by atoms with E-state index in [4.69, 9.17) is 4.74 Å². The number of aliphatic hydroxyl groups excluding tert-OH is 1. The molecule has 2 heterocycles. The molecule has 3 atom stereocenters. The van der Waals surface area contributed by atoms with Gasteiger partial charge in [0.05, 0.1) is 12.6 Å². The lowest BCUT2D eigenvalue weighted by Gasteiger charge is -2.37. The minimum Gasteiger partial charge on any atom is -0.472 e. The summed E-state index contributed by atoms with van der Waals surface area (Å²) in [5.41, 5.74) is 1.61. The van der Waals surface area contributed by atoms with Crippen molar-refractivity contribution in [3.63, 3.8) is 0 Å². The van der Waals surface area contributed by atoms with E-state index < -0.39 is 0 Å². The van der Waals surface area contributed by atoms with Gasteiger partial charge < -0.3 is 14.7 Å². The van der Waals surface area contributed by atoms with Gasteiger partial charge in [-0.05, 0) is 32.0 Å². The zero-order valence-corrected chi connectivity index (χ0v) is 21.3. The van der Waals surface area contributed by atoms with E-state index in [0.717, 1.165) is 6.42 Å². The highest BCUT2D eigenvalue weighted by atomic mass is 19.1. The molecule has 0 radical (unpaired) electrons. The highest BCUT2D eigenvalue weighted by Crippen LogP contribution is 2.27. The third-order valence-electron chi connectivity index (χ3n) is 6.15. The molecule has 1 aromatic carbocycles. The fourth-order valence-corrected chi connectivity index (χ4v) is 4.03. The van der Waals surface area contributed by atoms with Gasteiger partial charge >= 0.3 is 0 Å². The first-order chi connectivity index (χ1) is 16.7. The van der Waals surface area contributed by atoms with Gasteiger partial charge in [0.25, 0.3) is 5.91 Å². The van der Waals surface area contributed by atoms with Crippen LogP contribution in [0.3, 0.4) is 0 Å². The second kappa shape index (κ2) is 12.1. The van der Waals surface area contributed by atoms with Crippen LogP contribution in [0.25, 0.3) is 0 Å². The van der Waals surface area contributed by atoms with Crippen LogP contribution in [0.1, 0.15) is 55.6 Å². The fourth-order valence-electron chi connectivity index (χ4n) is 4.03. The van der Waals surface area contributed by atoms with Crippen molar-refractivity contribution in [2.75, 3.05) is 26.7 Å². The van der Waals surface area contributed by atoms with Crippen molar-refractivity contribution < 1.29 is 19.0 Å². The van der Waals surface area contributed by atoms with Crippen LogP contribution in [0.2, 0.25) is 0 Å². The third kappa shape index (κ3) is 7.03. The third-order valence-corrected chi connectivity index (χ3v) is 6.15. The van der Waals surface area contributed by atoms with Crippen LogP contribution in [-0.4, -0.2) is 64.7 Å². The second-order valence-electron chi connectivity index (χ2n) is 9.89. The standard InChI is InChI=1S/C28H36FN3O3/c1-19(2)9-8-10-22-13-24-27(30-14-22)35-26(20(3)15-32(28(24)34)21(4)18-33)17-31(5)16-23-11-6-7-12-25(23)29/h6-7,11-14,19-21,26,33H,9,15-18H2,1-5H3/t20-,21+,26-/m1/s1. The van der Waals surface area contributed by atoms with E-state index in [0.29, 0.717) is 42.2 Å². The molecule has 0 bridgehead atoms. The Morgan fingerprint density at radius 1 is 1.31 bits per heavy atom. The van der Waals surface area contributed by atoms with Gasteiger partial charge in [-0.3, -0.25) is 9.69 Å². The SMILES string of the molecule is CC(C)CC#Cc1cnc2c(c1)C(=O)N([C@@H](C)CO)C[C@@H](C)[C@@H](CN(C)Cc1ccccc1F)O2. The lowest BCUT2D eigenvalue weighted by molar-refractivity contribution is 0.0324. The highest BCUT2D eigenvalue weighted by Gasteiger charge is 2.34. The number of pyridine rings is 1. The number of aromatic nitrogens is 1. The molecule has 35 heavy (non-hydrogen) atoms. The number of benzene rings is 1. The predicted octanol–water partition coefficient (Wildman–Crippen LogP) is 3.97. The molecule has 2 aromatic rings. The number of amides is 1. The van der Waals surface area contributed by atoms with Crippen LogP contribution in [0.5, 0.6) is 5.88 Å². The van der Waals surface area contributed by atoms with Gasteiger partial charge in [-0.15, -0.1) is 0 Å². The van der Waals surface area contributed by atoms with Crippen molar-refractivity contribution in [1.82, 2.24) is 14.8 Å². The Morgan fingerprint density at radius 3 is 2.74 bits per heavy atom. The molecule has 3 rings (SSSR count). The van der Waals surface area contributed by atoms with Gasteiger partial charge in [-0.2, -0.15) is 0 Å². The summed E-state index contributed by atoms with van der Waals surface area (Å²) in [6, 6.07) is 8.10. The summed E-state index contributed by atoms with van der Waals surface area (Å²) in [7, 11) is 1.92. The molecule has 1 N–H and O–H groups in total. The maximum Gasteiger partial charge on any atom is 0.259 e.